The Hall–Kier alpha value is -5.67. The van der Waals surface area contributed by atoms with Crippen LogP contribution in [0.5, 0.6) is 0 Å². The summed E-state index contributed by atoms with van der Waals surface area (Å²) in [5, 5.41) is 0. The fraction of sp³-hybridized carbons (Fsp3) is 0.133. The molecule has 0 atom stereocenters. The Balaban J connectivity index is 1.45. The minimum atomic E-state index is 0.816. The van der Waals surface area contributed by atoms with Crippen molar-refractivity contribution < 1.29 is 0 Å². The molecule has 0 radical (unpaired) electrons. The minimum Gasteiger partial charge on any atom is -0.255 e. The zero-order chi connectivity index (χ0) is 33.1. The van der Waals surface area contributed by atoms with E-state index < -0.39 is 0 Å². The lowest BCUT2D eigenvalue weighted by molar-refractivity contribution is 1.21. The SMILES string of the molecule is CC/C(=C/c1ccnc(-c2cc(/C=C(/CC)c3ccccc3)cc(-c3cc(/C=C(/CC)c4ccccc4)ccn3)n2)c1)c1ccccc1. The molecule has 0 amide bonds. The third-order valence-electron chi connectivity index (χ3n) is 8.54. The van der Waals surface area contributed by atoms with E-state index in [0.29, 0.717) is 0 Å². The maximum Gasteiger partial charge on any atom is 0.0900 e. The minimum absolute atomic E-state index is 0.816. The molecule has 0 saturated carbocycles. The summed E-state index contributed by atoms with van der Waals surface area (Å²) in [6.45, 7) is 6.59. The van der Waals surface area contributed by atoms with E-state index in [1.807, 2.05) is 12.4 Å². The van der Waals surface area contributed by atoms with E-state index in [1.54, 1.807) is 0 Å². The lowest BCUT2D eigenvalue weighted by atomic mass is 9.98. The molecule has 236 valence electrons. The molecule has 0 fully saturated rings. The van der Waals surface area contributed by atoms with Crippen LogP contribution in [0.4, 0.5) is 0 Å². The quantitative estimate of drug-likeness (QED) is 0.144. The predicted molar refractivity (Wildman–Crippen MR) is 205 cm³/mol. The maximum atomic E-state index is 5.18. The monoisotopic (exact) mass is 623 g/mol. The number of benzene rings is 3. The van der Waals surface area contributed by atoms with E-state index in [0.717, 1.165) is 58.7 Å². The summed E-state index contributed by atoms with van der Waals surface area (Å²) in [7, 11) is 0. The molecule has 0 spiro atoms. The first-order valence-electron chi connectivity index (χ1n) is 16.9. The number of hydrogen-bond donors (Lipinski definition) is 0. The lowest BCUT2D eigenvalue weighted by Gasteiger charge is -2.11. The molecule has 0 aliphatic rings. The third-order valence-corrected chi connectivity index (χ3v) is 8.54. The second kappa shape index (κ2) is 15.8. The molecule has 0 N–H and O–H groups in total. The molecule has 0 unspecified atom stereocenters. The van der Waals surface area contributed by atoms with Gasteiger partial charge in [-0.3, -0.25) is 9.97 Å². The topological polar surface area (TPSA) is 38.7 Å². The van der Waals surface area contributed by atoms with E-state index in [1.165, 1.54) is 33.4 Å². The Labute approximate surface area is 285 Å². The first kappa shape index (κ1) is 32.3. The highest BCUT2D eigenvalue weighted by Gasteiger charge is 2.12. The van der Waals surface area contributed by atoms with E-state index in [9.17, 15) is 0 Å². The Kier molecular flexibility index (Phi) is 10.6. The van der Waals surface area contributed by atoms with E-state index >= 15 is 0 Å². The van der Waals surface area contributed by atoms with Crippen LogP contribution in [0.25, 0.3) is 57.7 Å². The van der Waals surface area contributed by atoms with Crippen molar-refractivity contribution in [1.29, 1.82) is 0 Å². The number of allylic oxidation sites excluding steroid dienone is 3. The van der Waals surface area contributed by atoms with Gasteiger partial charge in [0.15, 0.2) is 0 Å². The first-order chi connectivity index (χ1) is 23.6. The molecule has 3 heteroatoms. The highest BCUT2D eigenvalue weighted by Crippen LogP contribution is 2.30. The standard InChI is InChI=1S/C45H41N3/c1-4-36(39-16-10-7-11-17-39)26-33-22-24-46-42(29-33)44-31-35(28-38(6-3)41-20-14-9-15-21-41)32-45(48-44)43-30-34(23-25-47-43)27-37(5-2)40-18-12-8-13-19-40/h7-32H,4-6H2,1-3H3/b36-26-,37-27-,38-28-. The molecule has 3 nitrogen and oxygen atoms in total. The normalized spacial score (nSPS) is 12.3. The predicted octanol–water partition coefficient (Wildman–Crippen LogP) is 12.1. The first-order valence-corrected chi connectivity index (χ1v) is 16.9. The lowest BCUT2D eigenvalue weighted by Crippen LogP contribution is -1.95. The van der Waals surface area contributed by atoms with Crippen molar-refractivity contribution in [2.75, 3.05) is 0 Å². The van der Waals surface area contributed by atoms with E-state index in [2.05, 4.69) is 166 Å². The zero-order valence-electron chi connectivity index (χ0n) is 28.0. The van der Waals surface area contributed by atoms with Crippen molar-refractivity contribution in [3.63, 3.8) is 0 Å². The van der Waals surface area contributed by atoms with Gasteiger partial charge in [0.05, 0.1) is 22.8 Å². The van der Waals surface area contributed by atoms with Crippen LogP contribution in [0.1, 0.15) is 73.4 Å². The molecule has 48 heavy (non-hydrogen) atoms. The van der Waals surface area contributed by atoms with Crippen LogP contribution in [0.2, 0.25) is 0 Å². The van der Waals surface area contributed by atoms with E-state index in [4.69, 9.17) is 15.0 Å². The van der Waals surface area contributed by atoms with Crippen LogP contribution in [-0.4, -0.2) is 15.0 Å². The molecule has 0 saturated heterocycles. The molecule has 6 aromatic rings. The van der Waals surface area contributed by atoms with Gasteiger partial charge in [-0.1, -0.05) is 130 Å². The zero-order valence-corrected chi connectivity index (χ0v) is 28.0. The maximum absolute atomic E-state index is 5.18. The molecule has 3 heterocycles. The average Bonchev–Trinajstić information content (AvgIpc) is 3.16. The summed E-state index contributed by atoms with van der Waals surface area (Å²) in [6, 6.07) is 44.4. The van der Waals surface area contributed by atoms with Crippen molar-refractivity contribution >= 4 is 34.9 Å². The fourth-order valence-corrected chi connectivity index (χ4v) is 5.98. The van der Waals surface area contributed by atoms with Crippen molar-refractivity contribution in [2.24, 2.45) is 0 Å². The average molecular weight is 624 g/mol. The summed E-state index contributed by atoms with van der Waals surface area (Å²) in [5.74, 6) is 0. The molecular weight excluding hydrogens is 583 g/mol. The van der Waals surface area contributed by atoms with Gasteiger partial charge < -0.3 is 0 Å². The van der Waals surface area contributed by atoms with Crippen LogP contribution in [0.3, 0.4) is 0 Å². The molecule has 0 bridgehead atoms. The fourth-order valence-electron chi connectivity index (χ4n) is 5.98. The Bertz CT molecular complexity index is 1940. The number of pyridine rings is 3. The number of hydrogen-bond acceptors (Lipinski definition) is 3. The van der Waals surface area contributed by atoms with Crippen LogP contribution < -0.4 is 0 Å². The van der Waals surface area contributed by atoms with Crippen LogP contribution in [0, 0.1) is 0 Å². The van der Waals surface area contributed by atoms with Crippen LogP contribution >= 0.6 is 0 Å². The Morgan fingerprint density at radius 1 is 0.417 bits per heavy atom. The van der Waals surface area contributed by atoms with Crippen molar-refractivity contribution in [1.82, 2.24) is 15.0 Å². The van der Waals surface area contributed by atoms with Crippen molar-refractivity contribution in [2.45, 2.75) is 40.0 Å². The highest BCUT2D eigenvalue weighted by molar-refractivity contribution is 5.85. The number of rotatable bonds is 11. The summed E-state index contributed by atoms with van der Waals surface area (Å²) >= 11 is 0. The second-order valence-corrected chi connectivity index (χ2v) is 11.8. The van der Waals surface area contributed by atoms with Gasteiger partial charge in [0.1, 0.15) is 0 Å². The summed E-state index contributed by atoms with van der Waals surface area (Å²) < 4.78 is 0. The van der Waals surface area contributed by atoms with Crippen LogP contribution in [-0.2, 0) is 0 Å². The van der Waals surface area contributed by atoms with Crippen molar-refractivity contribution in [3.8, 4) is 22.8 Å². The van der Waals surface area contributed by atoms with Gasteiger partial charge in [-0.2, -0.15) is 0 Å². The van der Waals surface area contributed by atoms with Gasteiger partial charge in [0, 0.05) is 12.4 Å². The molecule has 0 aliphatic carbocycles. The second-order valence-electron chi connectivity index (χ2n) is 11.8. The molecule has 0 aliphatic heterocycles. The molecular formula is C45H41N3. The van der Waals surface area contributed by atoms with Gasteiger partial charge in [-0.05, 0) is 106 Å². The van der Waals surface area contributed by atoms with Gasteiger partial charge in [0.2, 0.25) is 0 Å². The number of aromatic nitrogens is 3. The molecule has 6 rings (SSSR count). The largest absolute Gasteiger partial charge is 0.255 e. The summed E-state index contributed by atoms with van der Waals surface area (Å²) in [4.78, 5) is 14.8. The van der Waals surface area contributed by atoms with E-state index in [-0.39, 0.29) is 0 Å². The summed E-state index contributed by atoms with van der Waals surface area (Å²) in [6.07, 6.45) is 13.3. The Morgan fingerprint density at radius 2 is 0.750 bits per heavy atom. The van der Waals surface area contributed by atoms with Gasteiger partial charge in [-0.15, -0.1) is 0 Å². The Morgan fingerprint density at radius 3 is 1.10 bits per heavy atom. The molecule has 3 aromatic heterocycles. The highest BCUT2D eigenvalue weighted by atomic mass is 14.8. The third kappa shape index (κ3) is 8.00. The van der Waals surface area contributed by atoms with Gasteiger partial charge in [-0.25, -0.2) is 4.98 Å². The molecule has 3 aromatic carbocycles. The van der Waals surface area contributed by atoms with Crippen molar-refractivity contribution in [3.05, 3.63) is 173 Å². The smallest absolute Gasteiger partial charge is 0.0900 e. The number of nitrogens with zero attached hydrogens (tertiary/aromatic N) is 3. The van der Waals surface area contributed by atoms with Gasteiger partial charge in [0.25, 0.3) is 0 Å². The summed E-state index contributed by atoms with van der Waals surface area (Å²) in [5.41, 5.74) is 14.1. The van der Waals surface area contributed by atoms with Gasteiger partial charge >= 0.3 is 0 Å². The van der Waals surface area contributed by atoms with Crippen LogP contribution in [0.15, 0.2) is 140 Å².